The summed E-state index contributed by atoms with van der Waals surface area (Å²) in [5.41, 5.74) is 8.50. The molecule has 6 nitrogen and oxygen atoms in total. The third kappa shape index (κ3) is 4.13. The maximum Gasteiger partial charge on any atom is 0.261 e. The maximum atomic E-state index is 12.3. The minimum atomic E-state index is -0.102. The van der Waals surface area contributed by atoms with Gasteiger partial charge in [-0.25, -0.2) is 9.97 Å². The fourth-order valence-corrected chi connectivity index (χ4v) is 3.18. The van der Waals surface area contributed by atoms with Gasteiger partial charge in [0.25, 0.3) is 5.91 Å². The molecule has 1 aromatic carbocycles. The van der Waals surface area contributed by atoms with E-state index in [1.54, 1.807) is 18.3 Å². The average Bonchev–Trinajstić information content (AvgIpc) is 3.10. The summed E-state index contributed by atoms with van der Waals surface area (Å²) in [4.78, 5) is 23.9. The van der Waals surface area contributed by atoms with Gasteiger partial charge in [0.2, 0.25) is 5.95 Å². The lowest BCUT2D eigenvalue weighted by Crippen LogP contribution is -2.21. The summed E-state index contributed by atoms with van der Waals surface area (Å²) in [6, 6.07) is 13.5. The monoisotopic (exact) mass is 353 g/mol. The molecule has 128 valence electrons. The van der Waals surface area contributed by atoms with Crippen molar-refractivity contribution in [2.24, 2.45) is 0 Å². The fourth-order valence-electron chi connectivity index (χ4n) is 2.29. The largest absolute Gasteiger partial charge is 0.378 e. The highest BCUT2D eigenvalue weighted by molar-refractivity contribution is 7.17. The van der Waals surface area contributed by atoms with Crippen LogP contribution < -0.4 is 16.0 Å². The lowest BCUT2D eigenvalue weighted by molar-refractivity contribution is 0.0955. The number of amides is 1. The van der Waals surface area contributed by atoms with E-state index in [1.807, 2.05) is 49.3 Å². The zero-order valence-corrected chi connectivity index (χ0v) is 14.9. The van der Waals surface area contributed by atoms with Crippen LogP contribution in [0.2, 0.25) is 0 Å². The van der Waals surface area contributed by atoms with Gasteiger partial charge < -0.3 is 16.0 Å². The third-order valence-corrected chi connectivity index (χ3v) is 4.77. The number of aromatic nitrogens is 2. The van der Waals surface area contributed by atoms with E-state index in [0.29, 0.717) is 11.4 Å². The van der Waals surface area contributed by atoms with Crippen molar-refractivity contribution in [3.63, 3.8) is 0 Å². The molecular weight excluding hydrogens is 334 g/mol. The van der Waals surface area contributed by atoms with E-state index in [4.69, 9.17) is 5.73 Å². The first-order valence-electron chi connectivity index (χ1n) is 7.76. The number of nitrogens with one attached hydrogen (secondary N) is 1. The molecule has 0 aliphatic carbocycles. The van der Waals surface area contributed by atoms with Crippen LogP contribution in [0.4, 0.5) is 11.6 Å². The zero-order valence-electron chi connectivity index (χ0n) is 14.1. The van der Waals surface area contributed by atoms with Gasteiger partial charge in [-0.3, -0.25) is 4.79 Å². The van der Waals surface area contributed by atoms with E-state index < -0.39 is 0 Å². The van der Waals surface area contributed by atoms with E-state index in [-0.39, 0.29) is 11.9 Å². The SMILES string of the molecule is CN(C)c1ccc(CNC(=O)c2ccc(-c3ccnc(N)n3)s2)cc1. The van der Waals surface area contributed by atoms with Crippen LogP contribution in [-0.2, 0) is 6.54 Å². The fraction of sp³-hybridized carbons (Fsp3) is 0.167. The molecule has 3 N–H and O–H groups in total. The average molecular weight is 353 g/mol. The Kier molecular flexibility index (Phi) is 4.95. The van der Waals surface area contributed by atoms with E-state index >= 15 is 0 Å². The van der Waals surface area contributed by atoms with Gasteiger partial charge >= 0.3 is 0 Å². The molecule has 0 fully saturated rings. The Hall–Kier alpha value is -2.93. The van der Waals surface area contributed by atoms with Crippen molar-refractivity contribution in [1.82, 2.24) is 15.3 Å². The molecular formula is C18H19N5OS. The van der Waals surface area contributed by atoms with E-state index in [1.165, 1.54) is 11.3 Å². The quantitative estimate of drug-likeness (QED) is 0.737. The number of carbonyl (C=O) groups is 1. The van der Waals surface area contributed by atoms with Crippen LogP contribution in [0.1, 0.15) is 15.2 Å². The number of thiophene rings is 1. The van der Waals surface area contributed by atoms with Gasteiger partial charge in [-0.2, -0.15) is 0 Å². The second-order valence-corrected chi connectivity index (χ2v) is 6.79. The molecule has 25 heavy (non-hydrogen) atoms. The predicted octanol–water partition coefficient (Wildman–Crippen LogP) is 2.78. The molecule has 1 amide bonds. The summed E-state index contributed by atoms with van der Waals surface area (Å²) in [5, 5.41) is 2.94. The minimum absolute atomic E-state index is 0.102. The lowest BCUT2D eigenvalue weighted by Gasteiger charge is -2.12. The second kappa shape index (κ2) is 7.31. The van der Waals surface area contributed by atoms with Crippen molar-refractivity contribution < 1.29 is 4.79 Å². The van der Waals surface area contributed by atoms with Crippen LogP contribution in [0, 0.1) is 0 Å². The Morgan fingerprint density at radius 2 is 1.92 bits per heavy atom. The van der Waals surface area contributed by atoms with Crippen molar-refractivity contribution in [2.75, 3.05) is 24.7 Å². The Morgan fingerprint density at radius 1 is 1.16 bits per heavy atom. The Balaban J connectivity index is 1.64. The van der Waals surface area contributed by atoms with Crippen LogP contribution in [0.15, 0.2) is 48.7 Å². The Labute approximate surface area is 150 Å². The van der Waals surface area contributed by atoms with Crippen LogP contribution in [0.3, 0.4) is 0 Å². The number of hydrogen-bond acceptors (Lipinski definition) is 6. The second-order valence-electron chi connectivity index (χ2n) is 5.71. The van der Waals surface area contributed by atoms with Crippen molar-refractivity contribution >= 4 is 28.9 Å². The number of carbonyl (C=O) groups excluding carboxylic acids is 1. The number of nitrogens with two attached hydrogens (primary N) is 1. The van der Waals surface area contributed by atoms with Gasteiger partial charge in [0.05, 0.1) is 15.4 Å². The number of hydrogen-bond donors (Lipinski definition) is 2. The highest BCUT2D eigenvalue weighted by Gasteiger charge is 2.11. The highest BCUT2D eigenvalue weighted by Crippen LogP contribution is 2.26. The normalized spacial score (nSPS) is 10.5. The van der Waals surface area contributed by atoms with Gasteiger partial charge in [0, 0.05) is 32.5 Å². The molecule has 0 atom stereocenters. The molecule has 3 aromatic rings. The van der Waals surface area contributed by atoms with Crippen molar-refractivity contribution in [3.05, 3.63) is 59.1 Å². The van der Waals surface area contributed by atoms with Gasteiger partial charge in [0.1, 0.15) is 0 Å². The summed E-state index contributed by atoms with van der Waals surface area (Å²) in [6.45, 7) is 0.486. The van der Waals surface area contributed by atoms with E-state index in [0.717, 1.165) is 21.8 Å². The number of nitrogens with zero attached hydrogens (tertiary/aromatic N) is 3. The van der Waals surface area contributed by atoms with E-state index in [2.05, 4.69) is 15.3 Å². The predicted molar refractivity (Wildman–Crippen MR) is 102 cm³/mol. The Bertz CT molecular complexity index is 873. The molecule has 0 radical (unpaired) electrons. The highest BCUT2D eigenvalue weighted by atomic mass is 32.1. The first kappa shape index (κ1) is 16.9. The molecule has 0 aliphatic heterocycles. The first-order valence-corrected chi connectivity index (χ1v) is 8.58. The summed E-state index contributed by atoms with van der Waals surface area (Å²) in [5.74, 6) is 0.119. The van der Waals surface area contributed by atoms with Crippen molar-refractivity contribution in [2.45, 2.75) is 6.54 Å². The molecule has 0 saturated carbocycles. The molecule has 0 aliphatic rings. The molecule has 2 aromatic heterocycles. The number of benzene rings is 1. The molecule has 0 bridgehead atoms. The molecule has 0 saturated heterocycles. The lowest BCUT2D eigenvalue weighted by atomic mass is 10.2. The van der Waals surface area contributed by atoms with Crippen LogP contribution >= 0.6 is 11.3 Å². The van der Waals surface area contributed by atoms with Crippen molar-refractivity contribution in [3.8, 4) is 10.6 Å². The summed E-state index contributed by atoms with van der Waals surface area (Å²) in [6.07, 6.45) is 1.61. The topological polar surface area (TPSA) is 84.1 Å². The Morgan fingerprint density at radius 3 is 2.60 bits per heavy atom. The van der Waals surface area contributed by atoms with Gasteiger partial charge in [-0.1, -0.05) is 12.1 Å². The summed E-state index contributed by atoms with van der Waals surface area (Å²) < 4.78 is 0. The molecule has 0 unspecified atom stereocenters. The summed E-state index contributed by atoms with van der Waals surface area (Å²) >= 11 is 1.38. The van der Waals surface area contributed by atoms with Gasteiger partial charge in [-0.05, 0) is 35.9 Å². The molecule has 3 rings (SSSR count). The molecule has 2 heterocycles. The first-order chi connectivity index (χ1) is 12.0. The maximum absolute atomic E-state index is 12.3. The third-order valence-electron chi connectivity index (χ3n) is 3.66. The number of nitrogen functional groups attached to an aromatic ring is 1. The number of anilines is 2. The minimum Gasteiger partial charge on any atom is -0.378 e. The van der Waals surface area contributed by atoms with Gasteiger partial charge in [-0.15, -0.1) is 11.3 Å². The van der Waals surface area contributed by atoms with Crippen LogP contribution in [0.5, 0.6) is 0 Å². The summed E-state index contributed by atoms with van der Waals surface area (Å²) in [7, 11) is 3.99. The van der Waals surface area contributed by atoms with Crippen molar-refractivity contribution in [1.29, 1.82) is 0 Å². The van der Waals surface area contributed by atoms with Crippen LogP contribution in [-0.4, -0.2) is 30.0 Å². The standard InChI is InChI=1S/C18H19N5OS/c1-23(2)13-5-3-12(4-6-13)11-21-17(24)16-8-7-15(25-16)14-9-10-20-18(19)22-14/h3-10H,11H2,1-2H3,(H,21,24)(H2,19,20,22). The molecule has 0 spiro atoms. The van der Waals surface area contributed by atoms with Crippen LogP contribution in [0.25, 0.3) is 10.6 Å². The van der Waals surface area contributed by atoms with E-state index in [9.17, 15) is 4.79 Å². The van der Waals surface area contributed by atoms with Gasteiger partial charge in [0.15, 0.2) is 0 Å². The smallest absolute Gasteiger partial charge is 0.261 e. The zero-order chi connectivity index (χ0) is 17.8. The molecule has 7 heteroatoms. The number of rotatable bonds is 5.